The van der Waals surface area contributed by atoms with Crippen LogP contribution in [0.5, 0.6) is 0 Å². The fraction of sp³-hybridized carbons (Fsp3) is 0.412. The van der Waals surface area contributed by atoms with Gasteiger partial charge in [0.05, 0.1) is 11.5 Å². The van der Waals surface area contributed by atoms with Gasteiger partial charge in [-0.3, -0.25) is 0 Å². The number of rotatable bonds is 5. The van der Waals surface area contributed by atoms with Crippen LogP contribution < -0.4 is 10.2 Å². The van der Waals surface area contributed by atoms with Crippen LogP contribution in [-0.2, 0) is 16.4 Å². The van der Waals surface area contributed by atoms with Crippen molar-refractivity contribution in [3.05, 3.63) is 47.4 Å². The first-order chi connectivity index (χ1) is 11.8. The molecule has 134 valence electrons. The third kappa shape index (κ3) is 4.25. The maximum absolute atomic E-state index is 13.7. The molecule has 0 saturated carbocycles. The molecule has 1 fully saturated rings. The zero-order valence-corrected chi connectivity index (χ0v) is 15.1. The standard InChI is InChI=1S/C17H21FN4O2S/c1-12-9-16(22(2)14-7-8-25(23,24)11-14)21-17(20-12)19-10-13-5-3-4-6-15(13)18/h3-6,9,14H,7-8,10-11H2,1-2H3,(H,19,20,21). The Morgan fingerprint density at radius 2 is 2.08 bits per heavy atom. The molecule has 1 atom stereocenters. The molecule has 2 heterocycles. The van der Waals surface area contributed by atoms with Crippen LogP contribution in [0, 0.1) is 12.7 Å². The molecule has 25 heavy (non-hydrogen) atoms. The van der Waals surface area contributed by atoms with Crippen LogP contribution in [0.1, 0.15) is 17.7 Å². The van der Waals surface area contributed by atoms with Crippen LogP contribution in [0.15, 0.2) is 30.3 Å². The molecule has 1 aromatic carbocycles. The lowest BCUT2D eigenvalue weighted by molar-refractivity contribution is 0.600. The second kappa shape index (κ2) is 6.95. The van der Waals surface area contributed by atoms with Gasteiger partial charge in [-0.1, -0.05) is 18.2 Å². The van der Waals surface area contributed by atoms with Gasteiger partial charge in [0.1, 0.15) is 11.6 Å². The summed E-state index contributed by atoms with van der Waals surface area (Å²) in [5, 5.41) is 3.04. The number of benzene rings is 1. The van der Waals surface area contributed by atoms with Crippen molar-refractivity contribution >= 4 is 21.6 Å². The second-order valence-corrected chi connectivity index (χ2v) is 8.53. The van der Waals surface area contributed by atoms with Gasteiger partial charge in [-0.25, -0.2) is 17.8 Å². The molecule has 0 aliphatic carbocycles. The van der Waals surface area contributed by atoms with Gasteiger partial charge in [-0.2, -0.15) is 4.98 Å². The number of hydrogen-bond donors (Lipinski definition) is 1. The van der Waals surface area contributed by atoms with E-state index in [0.717, 1.165) is 5.69 Å². The molecule has 2 aromatic rings. The fourth-order valence-corrected chi connectivity index (χ4v) is 4.67. The van der Waals surface area contributed by atoms with Crippen LogP contribution in [0.25, 0.3) is 0 Å². The molecule has 3 rings (SSSR count). The topological polar surface area (TPSA) is 75.2 Å². The summed E-state index contributed by atoms with van der Waals surface area (Å²) in [4.78, 5) is 10.7. The van der Waals surface area contributed by atoms with Crippen LogP contribution in [0.4, 0.5) is 16.2 Å². The highest BCUT2D eigenvalue weighted by Gasteiger charge is 2.31. The quantitative estimate of drug-likeness (QED) is 0.876. The molecule has 0 amide bonds. The van der Waals surface area contributed by atoms with Crippen molar-refractivity contribution in [2.75, 3.05) is 28.8 Å². The Hall–Kier alpha value is -2.22. The highest BCUT2D eigenvalue weighted by molar-refractivity contribution is 7.91. The summed E-state index contributed by atoms with van der Waals surface area (Å²) in [6.07, 6.45) is 0.597. The minimum absolute atomic E-state index is 0.0845. The molecule has 1 aliphatic rings. The predicted octanol–water partition coefficient (Wildman–Crippen LogP) is 2.16. The number of halogens is 1. The van der Waals surface area contributed by atoms with Crippen molar-refractivity contribution < 1.29 is 12.8 Å². The summed E-state index contributed by atoms with van der Waals surface area (Å²) in [5.41, 5.74) is 1.29. The minimum Gasteiger partial charge on any atom is -0.355 e. The zero-order chi connectivity index (χ0) is 18.0. The van der Waals surface area contributed by atoms with Crippen molar-refractivity contribution in [2.45, 2.75) is 25.9 Å². The Morgan fingerprint density at radius 3 is 2.76 bits per heavy atom. The van der Waals surface area contributed by atoms with Gasteiger partial charge in [0, 0.05) is 37.0 Å². The highest BCUT2D eigenvalue weighted by Crippen LogP contribution is 2.23. The number of anilines is 2. The fourth-order valence-electron chi connectivity index (χ4n) is 2.90. The van der Waals surface area contributed by atoms with E-state index in [1.807, 2.05) is 24.9 Å². The number of nitrogens with one attached hydrogen (secondary N) is 1. The largest absolute Gasteiger partial charge is 0.355 e. The Kier molecular flexibility index (Phi) is 4.89. The van der Waals surface area contributed by atoms with Gasteiger partial charge in [0.15, 0.2) is 9.84 Å². The first-order valence-corrected chi connectivity index (χ1v) is 9.92. The van der Waals surface area contributed by atoms with Gasteiger partial charge in [0.2, 0.25) is 5.95 Å². The molecular weight excluding hydrogens is 343 g/mol. The Morgan fingerprint density at radius 1 is 1.32 bits per heavy atom. The molecule has 1 aliphatic heterocycles. The minimum atomic E-state index is -2.96. The number of sulfone groups is 1. The Balaban J connectivity index is 1.75. The summed E-state index contributed by atoms with van der Waals surface area (Å²) in [6, 6.07) is 8.27. The van der Waals surface area contributed by atoms with E-state index in [-0.39, 0.29) is 29.9 Å². The maximum atomic E-state index is 13.7. The van der Waals surface area contributed by atoms with Gasteiger partial charge in [-0.15, -0.1) is 0 Å². The number of aryl methyl sites for hydroxylation is 1. The van der Waals surface area contributed by atoms with E-state index in [2.05, 4.69) is 15.3 Å². The lowest BCUT2D eigenvalue weighted by atomic mass is 10.2. The highest BCUT2D eigenvalue weighted by atomic mass is 32.2. The molecular formula is C17H21FN4O2S. The van der Waals surface area contributed by atoms with Gasteiger partial charge in [0.25, 0.3) is 0 Å². The first kappa shape index (κ1) is 17.6. The number of aromatic nitrogens is 2. The van der Waals surface area contributed by atoms with Gasteiger partial charge in [-0.05, 0) is 19.4 Å². The van der Waals surface area contributed by atoms with Crippen LogP contribution >= 0.6 is 0 Å². The van der Waals surface area contributed by atoms with Crippen LogP contribution in [-0.4, -0.2) is 43.0 Å². The Bertz CT molecular complexity index is 873. The van der Waals surface area contributed by atoms with Crippen molar-refractivity contribution in [3.8, 4) is 0 Å². The summed E-state index contributed by atoms with van der Waals surface area (Å²) >= 11 is 0. The van der Waals surface area contributed by atoms with Gasteiger partial charge >= 0.3 is 0 Å². The molecule has 0 radical (unpaired) electrons. The SMILES string of the molecule is Cc1cc(N(C)C2CCS(=O)(=O)C2)nc(NCc2ccccc2F)n1. The van der Waals surface area contributed by atoms with Crippen molar-refractivity contribution in [3.63, 3.8) is 0 Å². The summed E-state index contributed by atoms with van der Waals surface area (Å²) in [5.74, 6) is 1.13. The van der Waals surface area contributed by atoms with E-state index in [0.29, 0.717) is 23.8 Å². The maximum Gasteiger partial charge on any atom is 0.225 e. The molecule has 0 spiro atoms. The summed E-state index contributed by atoms with van der Waals surface area (Å²) < 4.78 is 37.1. The smallest absolute Gasteiger partial charge is 0.225 e. The van der Waals surface area contributed by atoms with E-state index in [4.69, 9.17) is 0 Å². The average molecular weight is 364 g/mol. The third-order valence-corrected chi connectivity index (χ3v) is 6.10. The first-order valence-electron chi connectivity index (χ1n) is 8.10. The monoisotopic (exact) mass is 364 g/mol. The molecule has 1 saturated heterocycles. The zero-order valence-electron chi connectivity index (χ0n) is 14.2. The van der Waals surface area contributed by atoms with Crippen molar-refractivity contribution in [1.29, 1.82) is 0 Å². The number of nitrogens with zero attached hydrogens (tertiary/aromatic N) is 3. The van der Waals surface area contributed by atoms with Gasteiger partial charge < -0.3 is 10.2 Å². The second-order valence-electron chi connectivity index (χ2n) is 6.30. The summed E-state index contributed by atoms with van der Waals surface area (Å²) in [7, 11) is -1.12. The third-order valence-electron chi connectivity index (χ3n) is 4.35. The van der Waals surface area contributed by atoms with Crippen molar-refractivity contribution in [1.82, 2.24) is 9.97 Å². The number of hydrogen-bond acceptors (Lipinski definition) is 6. The Labute approximate surface area is 147 Å². The summed E-state index contributed by atoms with van der Waals surface area (Å²) in [6.45, 7) is 2.12. The molecule has 1 unspecified atom stereocenters. The molecule has 0 bridgehead atoms. The van der Waals surface area contributed by atoms with Crippen molar-refractivity contribution in [2.24, 2.45) is 0 Å². The van der Waals surface area contributed by atoms with Crippen LogP contribution in [0.2, 0.25) is 0 Å². The van der Waals surface area contributed by atoms with E-state index in [9.17, 15) is 12.8 Å². The normalized spacial score (nSPS) is 18.9. The predicted molar refractivity (Wildman–Crippen MR) is 96.0 cm³/mol. The van der Waals surface area contributed by atoms with E-state index in [1.165, 1.54) is 6.07 Å². The lowest BCUT2D eigenvalue weighted by Crippen LogP contribution is -2.33. The molecule has 6 nitrogen and oxygen atoms in total. The van der Waals surface area contributed by atoms with E-state index in [1.54, 1.807) is 18.2 Å². The van der Waals surface area contributed by atoms with Crippen LogP contribution in [0.3, 0.4) is 0 Å². The lowest BCUT2D eigenvalue weighted by Gasteiger charge is -2.25. The van der Waals surface area contributed by atoms with E-state index >= 15 is 0 Å². The molecule has 8 heteroatoms. The van der Waals surface area contributed by atoms with E-state index < -0.39 is 9.84 Å². The average Bonchev–Trinajstić information content (AvgIpc) is 2.93. The molecule has 1 aromatic heterocycles. The molecule has 1 N–H and O–H groups in total.